The number of hydrogen-bond donors (Lipinski definition) is 1. The van der Waals surface area contributed by atoms with Gasteiger partial charge in [0.15, 0.2) is 0 Å². The highest BCUT2D eigenvalue weighted by Crippen LogP contribution is 2.36. The zero-order chi connectivity index (χ0) is 17.6. The summed E-state index contributed by atoms with van der Waals surface area (Å²) in [6, 6.07) is 7.58. The SMILES string of the molecule is CCO[C@]1(C(=O)Nc2ccc(O[C@H](C)CC)cc2)CCC[C@H](C)C1. The monoisotopic (exact) mass is 333 g/mol. The number of rotatable bonds is 7. The van der Waals surface area contributed by atoms with Crippen molar-refractivity contribution in [3.63, 3.8) is 0 Å². The molecule has 0 aromatic heterocycles. The highest BCUT2D eigenvalue weighted by atomic mass is 16.5. The summed E-state index contributed by atoms with van der Waals surface area (Å²) < 4.78 is 11.7. The second kappa shape index (κ2) is 8.52. The van der Waals surface area contributed by atoms with Crippen LogP contribution < -0.4 is 10.1 Å². The van der Waals surface area contributed by atoms with Crippen LogP contribution >= 0.6 is 0 Å². The maximum Gasteiger partial charge on any atom is 0.256 e. The van der Waals surface area contributed by atoms with E-state index >= 15 is 0 Å². The van der Waals surface area contributed by atoms with E-state index in [1.807, 2.05) is 38.1 Å². The van der Waals surface area contributed by atoms with E-state index in [9.17, 15) is 4.79 Å². The van der Waals surface area contributed by atoms with E-state index in [1.54, 1.807) is 0 Å². The van der Waals surface area contributed by atoms with Gasteiger partial charge in [0, 0.05) is 12.3 Å². The van der Waals surface area contributed by atoms with Gasteiger partial charge in [0.2, 0.25) is 0 Å². The molecule has 1 aromatic carbocycles. The molecule has 0 unspecified atom stereocenters. The molecule has 1 amide bonds. The molecule has 0 spiro atoms. The van der Waals surface area contributed by atoms with Crippen molar-refractivity contribution < 1.29 is 14.3 Å². The Balaban J connectivity index is 2.04. The maximum absolute atomic E-state index is 12.9. The van der Waals surface area contributed by atoms with Gasteiger partial charge in [-0.25, -0.2) is 0 Å². The molecule has 1 N–H and O–H groups in total. The topological polar surface area (TPSA) is 47.6 Å². The average Bonchev–Trinajstić information content (AvgIpc) is 2.56. The average molecular weight is 333 g/mol. The first-order chi connectivity index (χ1) is 11.5. The highest BCUT2D eigenvalue weighted by molar-refractivity contribution is 5.97. The van der Waals surface area contributed by atoms with Crippen molar-refractivity contribution in [1.82, 2.24) is 0 Å². The molecule has 1 saturated carbocycles. The number of ether oxygens (including phenoxy) is 2. The third-order valence-electron chi connectivity index (χ3n) is 4.81. The minimum atomic E-state index is -0.682. The summed E-state index contributed by atoms with van der Waals surface area (Å²) in [6.45, 7) is 8.85. The first-order valence-electron chi connectivity index (χ1n) is 9.21. The zero-order valence-corrected chi connectivity index (χ0v) is 15.4. The first kappa shape index (κ1) is 18.8. The number of amides is 1. The number of anilines is 1. The van der Waals surface area contributed by atoms with Gasteiger partial charge in [-0.3, -0.25) is 4.79 Å². The number of hydrogen-bond acceptors (Lipinski definition) is 3. The lowest BCUT2D eigenvalue weighted by Gasteiger charge is -2.38. The van der Waals surface area contributed by atoms with Crippen LogP contribution in [0.5, 0.6) is 5.75 Å². The molecule has 2 rings (SSSR count). The normalized spacial score (nSPS) is 25.1. The van der Waals surface area contributed by atoms with Crippen molar-refractivity contribution in [2.24, 2.45) is 5.92 Å². The van der Waals surface area contributed by atoms with Crippen LogP contribution in [0.2, 0.25) is 0 Å². The van der Waals surface area contributed by atoms with E-state index in [4.69, 9.17) is 9.47 Å². The predicted molar refractivity (Wildman–Crippen MR) is 97.4 cm³/mol. The van der Waals surface area contributed by atoms with Gasteiger partial charge in [-0.15, -0.1) is 0 Å². The molecule has 1 aromatic rings. The first-order valence-corrected chi connectivity index (χ1v) is 9.21. The standard InChI is InChI=1S/C20H31NO3/c1-5-16(4)24-18-11-9-17(10-12-18)21-19(22)20(23-6-2)13-7-8-15(3)14-20/h9-12,15-16H,5-8,13-14H2,1-4H3,(H,21,22)/t15-,16+,20+/m0/s1. The van der Waals surface area contributed by atoms with Crippen molar-refractivity contribution in [2.45, 2.75) is 71.5 Å². The summed E-state index contributed by atoms with van der Waals surface area (Å²) in [5.74, 6) is 1.32. The molecule has 0 radical (unpaired) electrons. The Morgan fingerprint density at radius 2 is 2.04 bits per heavy atom. The quantitative estimate of drug-likeness (QED) is 0.780. The molecule has 4 heteroatoms. The van der Waals surface area contributed by atoms with E-state index in [2.05, 4.69) is 19.2 Å². The van der Waals surface area contributed by atoms with Gasteiger partial charge in [0.25, 0.3) is 5.91 Å². The summed E-state index contributed by atoms with van der Waals surface area (Å²) in [4.78, 5) is 12.9. The maximum atomic E-state index is 12.9. The Kier molecular flexibility index (Phi) is 6.67. The Labute approximate surface area is 145 Å². The van der Waals surface area contributed by atoms with Crippen LogP contribution in [0.3, 0.4) is 0 Å². The second-order valence-corrected chi connectivity index (χ2v) is 6.94. The number of carbonyl (C=O) groups is 1. The fraction of sp³-hybridized carbons (Fsp3) is 0.650. The lowest BCUT2D eigenvalue weighted by Crippen LogP contribution is -2.48. The third kappa shape index (κ3) is 4.73. The van der Waals surface area contributed by atoms with E-state index in [1.165, 1.54) is 6.42 Å². The molecule has 0 bridgehead atoms. The van der Waals surface area contributed by atoms with Gasteiger partial charge in [-0.1, -0.05) is 20.3 Å². The summed E-state index contributed by atoms with van der Waals surface area (Å²) in [7, 11) is 0. The molecule has 1 aliphatic carbocycles. The smallest absolute Gasteiger partial charge is 0.256 e. The van der Waals surface area contributed by atoms with Gasteiger partial charge in [-0.05, 0) is 69.7 Å². The van der Waals surface area contributed by atoms with E-state index < -0.39 is 5.60 Å². The molecule has 3 atom stereocenters. The lowest BCUT2D eigenvalue weighted by atomic mass is 9.78. The fourth-order valence-electron chi connectivity index (χ4n) is 3.36. The predicted octanol–water partition coefficient (Wildman–Crippen LogP) is 4.79. The van der Waals surface area contributed by atoms with Crippen molar-refractivity contribution >= 4 is 11.6 Å². The van der Waals surface area contributed by atoms with Crippen molar-refractivity contribution in [3.8, 4) is 5.75 Å². The van der Waals surface area contributed by atoms with Crippen molar-refractivity contribution in [1.29, 1.82) is 0 Å². The Hall–Kier alpha value is -1.55. The van der Waals surface area contributed by atoms with Crippen LogP contribution in [0, 0.1) is 5.92 Å². The molecule has 0 saturated heterocycles. The molecule has 24 heavy (non-hydrogen) atoms. The summed E-state index contributed by atoms with van der Waals surface area (Å²) >= 11 is 0. The van der Waals surface area contributed by atoms with Crippen LogP contribution in [0.25, 0.3) is 0 Å². The molecule has 1 aliphatic rings. The lowest BCUT2D eigenvalue weighted by molar-refractivity contribution is -0.147. The molecular weight excluding hydrogens is 302 g/mol. The molecule has 1 fully saturated rings. The van der Waals surface area contributed by atoms with E-state index in [-0.39, 0.29) is 12.0 Å². The van der Waals surface area contributed by atoms with Gasteiger partial charge >= 0.3 is 0 Å². The van der Waals surface area contributed by atoms with Crippen molar-refractivity contribution in [3.05, 3.63) is 24.3 Å². The van der Waals surface area contributed by atoms with Crippen LogP contribution in [-0.2, 0) is 9.53 Å². The summed E-state index contributed by atoms with van der Waals surface area (Å²) in [6.07, 6.45) is 4.96. The second-order valence-electron chi connectivity index (χ2n) is 6.94. The van der Waals surface area contributed by atoms with Crippen LogP contribution in [-0.4, -0.2) is 24.2 Å². The van der Waals surface area contributed by atoms with Gasteiger partial charge in [-0.2, -0.15) is 0 Å². The van der Waals surface area contributed by atoms with E-state index in [0.29, 0.717) is 12.5 Å². The minimum absolute atomic E-state index is 0.0218. The molecular formula is C20H31NO3. The van der Waals surface area contributed by atoms with Gasteiger partial charge in [0.05, 0.1) is 6.10 Å². The van der Waals surface area contributed by atoms with Crippen LogP contribution in [0.15, 0.2) is 24.3 Å². The largest absolute Gasteiger partial charge is 0.491 e. The molecule has 0 heterocycles. The molecule has 0 aliphatic heterocycles. The third-order valence-corrected chi connectivity index (χ3v) is 4.81. The molecule has 4 nitrogen and oxygen atoms in total. The number of carbonyl (C=O) groups excluding carboxylic acids is 1. The zero-order valence-electron chi connectivity index (χ0n) is 15.4. The Morgan fingerprint density at radius 1 is 1.33 bits per heavy atom. The fourth-order valence-corrected chi connectivity index (χ4v) is 3.36. The van der Waals surface area contributed by atoms with Crippen LogP contribution in [0.4, 0.5) is 5.69 Å². The van der Waals surface area contributed by atoms with Gasteiger partial charge < -0.3 is 14.8 Å². The number of nitrogens with one attached hydrogen (secondary N) is 1. The number of benzene rings is 1. The Bertz CT molecular complexity index is 524. The highest BCUT2D eigenvalue weighted by Gasteiger charge is 2.42. The van der Waals surface area contributed by atoms with Crippen LogP contribution in [0.1, 0.15) is 59.8 Å². The van der Waals surface area contributed by atoms with Gasteiger partial charge in [0.1, 0.15) is 11.4 Å². The summed E-state index contributed by atoms with van der Waals surface area (Å²) in [5, 5.41) is 3.03. The Morgan fingerprint density at radius 3 is 2.62 bits per heavy atom. The molecule has 134 valence electrons. The minimum Gasteiger partial charge on any atom is -0.491 e. The summed E-state index contributed by atoms with van der Waals surface area (Å²) in [5.41, 5.74) is 0.104. The van der Waals surface area contributed by atoms with E-state index in [0.717, 1.165) is 37.1 Å². The van der Waals surface area contributed by atoms with Crippen molar-refractivity contribution in [2.75, 3.05) is 11.9 Å².